The third-order valence-electron chi connectivity index (χ3n) is 1.34. The Kier molecular flexibility index (Phi) is 4.30. The van der Waals surface area contributed by atoms with Gasteiger partial charge in [0.05, 0.1) is 17.1 Å². The van der Waals surface area contributed by atoms with Gasteiger partial charge in [0.2, 0.25) is 0 Å². The zero-order chi connectivity index (χ0) is 7.68. The molecule has 0 saturated heterocycles. The van der Waals surface area contributed by atoms with Gasteiger partial charge < -0.3 is 0 Å². The Labute approximate surface area is 85.4 Å². The fraction of sp³-hybridized carbons (Fsp3) is 0. The fourth-order valence-electron chi connectivity index (χ4n) is 0.829. The van der Waals surface area contributed by atoms with E-state index in [9.17, 15) is 4.79 Å². The number of aromatic nitrogens is 4. The fourth-order valence-corrected chi connectivity index (χ4v) is 0.829. The molecular formula is C6H6Cl2N4O. The molecule has 0 aliphatic heterocycles. The van der Waals surface area contributed by atoms with Crippen molar-refractivity contribution >= 4 is 35.7 Å². The molecule has 2 rings (SSSR count). The molecular weight excluding hydrogens is 215 g/mol. The lowest BCUT2D eigenvalue weighted by Crippen LogP contribution is -2.08. The maximum absolute atomic E-state index is 11.0. The first-order valence-corrected chi connectivity index (χ1v) is 3.01. The van der Waals surface area contributed by atoms with E-state index in [0.29, 0.717) is 10.9 Å². The summed E-state index contributed by atoms with van der Waals surface area (Å²) in [6, 6.07) is 0. The predicted octanol–water partition coefficient (Wildman–Crippen LogP) is 0.557. The highest BCUT2D eigenvalue weighted by molar-refractivity contribution is 5.85. The minimum atomic E-state index is -0.261. The quantitative estimate of drug-likeness (QED) is 0.705. The van der Waals surface area contributed by atoms with Crippen molar-refractivity contribution in [2.75, 3.05) is 0 Å². The van der Waals surface area contributed by atoms with Gasteiger partial charge >= 0.3 is 0 Å². The van der Waals surface area contributed by atoms with Crippen LogP contribution in [0.15, 0.2) is 23.5 Å². The molecule has 2 aromatic rings. The largest absolute Gasteiger partial charge is 0.275 e. The Morgan fingerprint density at radius 1 is 1.23 bits per heavy atom. The van der Waals surface area contributed by atoms with Gasteiger partial charge in [-0.05, 0) is 0 Å². The molecule has 0 saturated carbocycles. The van der Waals surface area contributed by atoms with Crippen LogP contribution in [0, 0.1) is 0 Å². The molecule has 0 unspecified atom stereocenters. The van der Waals surface area contributed by atoms with Crippen LogP contribution in [-0.4, -0.2) is 20.2 Å². The summed E-state index contributed by atoms with van der Waals surface area (Å²) >= 11 is 0. The van der Waals surface area contributed by atoms with Gasteiger partial charge in [-0.2, -0.15) is 5.10 Å². The van der Waals surface area contributed by atoms with Crippen LogP contribution in [0.2, 0.25) is 0 Å². The van der Waals surface area contributed by atoms with Gasteiger partial charge in [0, 0.05) is 6.20 Å². The Bertz CT molecular complexity index is 438. The molecule has 0 aliphatic rings. The molecule has 0 amide bonds. The van der Waals surface area contributed by atoms with Gasteiger partial charge in [-0.25, -0.2) is 15.1 Å². The summed E-state index contributed by atoms with van der Waals surface area (Å²) in [6.07, 6.45) is 4.32. The number of fused-ring (bicyclic) bond motifs is 1. The highest BCUT2D eigenvalue weighted by Gasteiger charge is 1.96. The van der Waals surface area contributed by atoms with Crippen molar-refractivity contribution in [2.24, 2.45) is 0 Å². The van der Waals surface area contributed by atoms with Crippen molar-refractivity contribution in [3.8, 4) is 0 Å². The summed E-state index contributed by atoms with van der Waals surface area (Å²) in [4.78, 5) is 18.5. The van der Waals surface area contributed by atoms with Gasteiger partial charge in [-0.3, -0.25) is 4.79 Å². The summed E-state index contributed by atoms with van der Waals surface area (Å²) in [5, 5.41) is 6.33. The Balaban J connectivity index is 0.000000720. The van der Waals surface area contributed by atoms with Crippen molar-refractivity contribution in [2.45, 2.75) is 0 Å². The average Bonchev–Trinajstić information content (AvgIpc) is 2.06. The number of nitrogens with zero attached hydrogens (tertiary/aromatic N) is 3. The second kappa shape index (κ2) is 4.74. The summed E-state index contributed by atoms with van der Waals surface area (Å²) < 4.78 is 0. The minimum Gasteiger partial charge on any atom is -0.267 e. The molecule has 2 aromatic heterocycles. The summed E-state index contributed by atoms with van der Waals surface area (Å²) in [6.45, 7) is 0. The second-order valence-corrected chi connectivity index (χ2v) is 2.02. The SMILES string of the molecule is Cl.Cl.O=c1[nH]ncc2ncncc12. The summed E-state index contributed by atoms with van der Waals surface area (Å²) in [7, 11) is 0. The van der Waals surface area contributed by atoms with E-state index in [2.05, 4.69) is 20.2 Å². The molecule has 13 heavy (non-hydrogen) atoms. The molecule has 0 fully saturated rings. The first-order chi connectivity index (χ1) is 5.38. The van der Waals surface area contributed by atoms with Crippen LogP contribution >= 0.6 is 24.8 Å². The number of nitrogens with one attached hydrogen (secondary N) is 1. The lowest BCUT2D eigenvalue weighted by molar-refractivity contribution is 0.999. The summed E-state index contributed by atoms with van der Waals surface area (Å²) in [5.41, 5.74) is 0.298. The van der Waals surface area contributed by atoms with Crippen LogP contribution in [0.1, 0.15) is 0 Å². The van der Waals surface area contributed by atoms with Crippen LogP contribution in [0.5, 0.6) is 0 Å². The van der Waals surface area contributed by atoms with Crippen molar-refractivity contribution in [1.29, 1.82) is 0 Å². The Morgan fingerprint density at radius 3 is 2.69 bits per heavy atom. The molecule has 1 N–H and O–H groups in total. The molecule has 0 spiro atoms. The zero-order valence-electron chi connectivity index (χ0n) is 6.30. The van der Waals surface area contributed by atoms with Gasteiger partial charge in [0.15, 0.2) is 0 Å². The van der Waals surface area contributed by atoms with E-state index in [1.54, 1.807) is 0 Å². The molecule has 5 nitrogen and oxygen atoms in total. The number of hydrogen-bond acceptors (Lipinski definition) is 4. The van der Waals surface area contributed by atoms with E-state index in [1.165, 1.54) is 18.7 Å². The standard InChI is InChI=1S/C6H4N4O.2ClH/c11-6-4-1-7-3-8-5(4)2-9-10-6;;/h1-3H,(H,10,11);2*1H. The van der Waals surface area contributed by atoms with Crippen LogP contribution in [0.3, 0.4) is 0 Å². The Hall–Kier alpha value is -1.20. The van der Waals surface area contributed by atoms with Crippen LogP contribution in [-0.2, 0) is 0 Å². The first-order valence-electron chi connectivity index (χ1n) is 3.01. The number of H-pyrrole nitrogens is 1. The van der Waals surface area contributed by atoms with E-state index in [-0.39, 0.29) is 30.4 Å². The van der Waals surface area contributed by atoms with E-state index in [4.69, 9.17) is 0 Å². The van der Waals surface area contributed by atoms with Gasteiger partial charge in [0.1, 0.15) is 6.33 Å². The van der Waals surface area contributed by atoms with Crippen LogP contribution < -0.4 is 5.56 Å². The van der Waals surface area contributed by atoms with Crippen LogP contribution in [0.25, 0.3) is 10.9 Å². The van der Waals surface area contributed by atoms with Crippen molar-refractivity contribution in [1.82, 2.24) is 20.2 Å². The molecule has 0 atom stereocenters. The summed E-state index contributed by atoms with van der Waals surface area (Å²) in [5.74, 6) is 0. The molecule has 7 heteroatoms. The highest BCUT2D eigenvalue weighted by atomic mass is 35.5. The lowest BCUT2D eigenvalue weighted by atomic mass is 10.4. The zero-order valence-corrected chi connectivity index (χ0v) is 7.93. The van der Waals surface area contributed by atoms with Crippen molar-refractivity contribution in [3.63, 3.8) is 0 Å². The predicted molar refractivity (Wildman–Crippen MR) is 52.4 cm³/mol. The van der Waals surface area contributed by atoms with E-state index in [1.807, 2.05) is 0 Å². The van der Waals surface area contributed by atoms with E-state index < -0.39 is 0 Å². The average molecular weight is 221 g/mol. The van der Waals surface area contributed by atoms with Gasteiger partial charge in [-0.15, -0.1) is 24.8 Å². The molecule has 0 bridgehead atoms. The third-order valence-corrected chi connectivity index (χ3v) is 1.34. The Morgan fingerprint density at radius 2 is 2.00 bits per heavy atom. The monoisotopic (exact) mass is 220 g/mol. The normalized spacial score (nSPS) is 8.62. The topological polar surface area (TPSA) is 71.5 Å². The van der Waals surface area contributed by atoms with Crippen molar-refractivity contribution in [3.05, 3.63) is 29.1 Å². The van der Waals surface area contributed by atoms with Gasteiger partial charge in [-0.1, -0.05) is 0 Å². The number of rotatable bonds is 0. The minimum absolute atomic E-state index is 0. The molecule has 2 heterocycles. The van der Waals surface area contributed by atoms with Crippen LogP contribution in [0.4, 0.5) is 0 Å². The van der Waals surface area contributed by atoms with E-state index in [0.717, 1.165) is 0 Å². The molecule has 70 valence electrons. The smallest absolute Gasteiger partial charge is 0.267 e. The molecule has 0 aromatic carbocycles. The second-order valence-electron chi connectivity index (χ2n) is 2.02. The van der Waals surface area contributed by atoms with Crippen molar-refractivity contribution < 1.29 is 0 Å². The number of hydrogen-bond donors (Lipinski definition) is 1. The highest BCUT2D eigenvalue weighted by Crippen LogP contribution is 1.97. The number of aromatic amines is 1. The first kappa shape index (κ1) is 11.8. The number of halogens is 2. The molecule has 0 aliphatic carbocycles. The van der Waals surface area contributed by atoms with E-state index >= 15 is 0 Å². The third kappa shape index (κ3) is 2.13. The van der Waals surface area contributed by atoms with Gasteiger partial charge in [0.25, 0.3) is 5.56 Å². The maximum atomic E-state index is 11.0. The lowest BCUT2D eigenvalue weighted by Gasteiger charge is -1.89. The molecule has 0 radical (unpaired) electrons. The maximum Gasteiger partial charge on any atom is 0.275 e.